The van der Waals surface area contributed by atoms with Crippen LogP contribution in [0, 0.1) is 0 Å². The fraction of sp³-hybridized carbons (Fsp3) is 0.500. The quantitative estimate of drug-likeness (QED) is 0.789. The summed E-state index contributed by atoms with van der Waals surface area (Å²) in [7, 11) is -3.37. The molecule has 0 saturated heterocycles. The Labute approximate surface area is 136 Å². The summed E-state index contributed by atoms with van der Waals surface area (Å²) in [5, 5.41) is 5.91. The van der Waals surface area contributed by atoms with Crippen LogP contribution in [-0.2, 0) is 16.6 Å². The van der Waals surface area contributed by atoms with Crippen molar-refractivity contribution in [3.8, 4) is 0 Å². The second kappa shape index (κ2) is 8.36. The average molecular weight is 348 g/mol. The predicted octanol–water partition coefficient (Wildman–Crippen LogP) is 1.81. The summed E-state index contributed by atoms with van der Waals surface area (Å²) in [6.07, 6.45) is 1.15. The van der Waals surface area contributed by atoms with Crippen molar-refractivity contribution >= 4 is 27.7 Å². The highest BCUT2D eigenvalue weighted by atomic mass is 35.5. The summed E-state index contributed by atoms with van der Waals surface area (Å²) in [6, 6.07) is 6.70. The smallest absolute Gasteiger partial charge is 0.315 e. The highest BCUT2D eigenvalue weighted by Gasteiger charge is 2.17. The Bertz CT molecular complexity index is 588. The number of halogens is 1. The first kappa shape index (κ1) is 18.7. The Kier molecular flexibility index (Phi) is 7.12. The number of rotatable bonds is 7. The van der Waals surface area contributed by atoms with Crippen LogP contribution in [0.3, 0.4) is 0 Å². The van der Waals surface area contributed by atoms with Gasteiger partial charge in [-0.15, -0.1) is 0 Å². The van der Waals surface area contributed by atoms with E-state index < -0.39 is 10.0 Å². The summed E-state index contributed by atoms with van der Waals surface area (Å²) in [6.45, 7) is 4.38. The normalized spacial score (nSPS) is 11.7. The first-order valence-corrected chi connectivity index (χ1v) is 9.15. The number of urea groups is 1. The van der Waals surface area contributed by atoms with Crippen molar-refractivity contribution in [2.75, 3.05) is 19.3 Å². The zero-order valence-electron chi connectivity index (χ0n) is 13.0. The van der Waals surface area contributed by atoms with Crippen molar-refractivity contribution in [1.29, 1.82) is 0 Å². The maximum atomic E-state index is 11.8. The third-order valence-electron chi connectivity index (χ3n) is 2.81. The first-order valence-electron chi connectivity index (χ1n) is 6.92. The number of nitrogens with one attached hydrogen (secondary N) is 2. The third kappa shape index (κ3) is 7.11. The summed E-state index contributed by atoms with van der Waals surface area (Å²) in [4.78, 5) is 11.5. The molecule has 6 nitrogen and oxygen atoms in total. The minimum Gasteiger partial charge on any atom is -0.337 e. The molecule has 1 aromatic carbocycles. The van der Waals surface area contributed by atoms with Gasteiger partial charge in [-0.2, -0.15) is 4.31 Å². The van der Waals surface area contributed by atoms with E-state index in [1.165, 1.54) is 4.31 Å². The number of sulfonamides is 1. The number of amides is 2. The monoisotopic (exact) mass is 347 g/mol. The molecule has 0 radical (unpaired) electrons. The van der Waals surface area contributed by atoms with Crippen LogP contribution in [0.25, 0.3) is 0 Å². The third-order valence-corrected chi connectivity index (χ3v) is 4.31. The van der Waals surface area contributed by atoms with E-state index in [1.807, 2.05) is 13.8 Å². The van der Waals surface area contributed by atoms with E-state index in [2.05, 4.69) is 10.6 Å². The van der Waals surface area contributed by atoms with Crippen LogP contribution >= 0.6 is 11.6 Å². The van der Waals surface area contributed by atoms with Gasteiger partial charge in [-0.3, -0.25) is 0 Å². The SMILES string of the molecule is CC(C)NC(=O)NCCN(Cc1ccc(Cl)cc1)S(C)(=O)=O. The second-order valence-electron chi connectivity index (χ2n) is 5.28. The van der Waals surface area contributed by atoms with Crippen LogP contribution in [-0.4, -0.2) is 44.1 Å². The van der Waals surface area contributed by atoms with Crippen molar-refractivity contribution in [2.24, 2.45) is 0 Å². The molecule has 0 aromatic heterocycles. The van der Waals surface area contributed by atoms with E-state index in [-0.39, 0.29) is 31.7 Å². The van der Waals surface area contributed by atoms with Crippen molar-refractivity contribution in [3.05, 3.63) is 34.9 Å². The molecule has 0 unspecified atom stereocenters. The molecule has 0 atom stereocenters. The first-order chi connectivity index (χ1) is 10.2. The highest BCUT2D eigenvalue weighted by molar-refractivity contribution is 7.88. The van der Waals surface area contributed by atoms with E-state index in [0.717, 1.165) is 11.8 Å². The van der Waals surface area contributed by atoms with Gasteiger partial charge in [0.05, 0.1) is 6.26 Å². The number of hydrogen-bond donors (Lipinski definition) is 2. The van der Waals surface area contributed by atoms with Crippen LogP contribution in [0.2, 0.25) is 5.02 Å². The highest BCUT2D eigenvalue weighted by Crippen LogP contribution is 2.12. The zero-order valence-corrected chi connectivity index (χ0v) is 14.5. The van der Waals surface area contributed by atoms with Gasteiger partial charge in [0, 0.05) is 30.7 Å². The summed E-state index contributed by atoms with van der Waals surface area (Å²) >= 11 is 5.81. The van der Waals surface area contributed by atoms with Crippen molar-refractivity contribution in [1.82, 2.24) is 14.9 Å². The molecule has 0 aliphatic heterocycles. The fourth-order valence-electron chi connectivity index (χ4n) is 1.76. The van der Waals surface area contributed by atoms with Gasteiger partial charge in [0.2, 0.25) is 10.0 Å². The lowest BCUT2D eigenvalue weighted by Gasteiger charge is -2.20. The lowest BCUT2D eigenvalue weighted by molar-refractivity contribution is 0.237. The molecule has 0 spiro atoms. The van der Waals surface area contributed by atoms with E-state index in [1.54, 1.807) is 24.3 Å². The van der Waals surface area contributed by atoms with E-state index in [0.29, 0.717) is 5.02 Å². The molecule has 2 N–H and O–H groups in total. The van der Waals surface area contributed by atoms with E-state index in [9.17, 15) is 13.2 Å². The zero-order chi connectivity index (χ0) is 16.8. The number of carbonyl (C=O) groups excluding carboxylic acids is 1. The molecule has 2 amide bonds. The number of nitrogens with zero attached hydrogens (tertiary/aromatic N) is 1. The van der Waals surface area contributed by atoms with Crippen molar-refractivity contribution < 1.29 is 13.2 Å². The number of hydrogen-bond acceptors (Lipinski definition) is 3. The fourth-order valence-corrected chi connectivity index (χ4v) is 2.70. The van der Waals surface area contributed by atoms with Gasteiger partial charge in [-0.05, 0) is 31.5 Å². The van der Waals surface area contributed by atoms with E-state index in [4.69, 9.17) is 11.6 Å². The van der Waals surface area contributed by atoms with E-state index >= 15 is 0 Å². The van der Waals surface area contributed by atoms with Crippen LogP contribution in [0.4, 0.5) is 4.79 Å². The summed E-state index contributed by atoms with van der Waals surface area (Å²) in [5.41, 5.74) is 0.835. The molecule has 0 aliphatic carbocycles. The van der Waals surface area contributed by atoms with Gasteiger partial charge in [0.25, 0.3) is 0 Å². The molecule has 1 aromatic rings. The predicted molar refractivity (Wildman–Crippen MR) is 88.4 cm³/mol. The Morgan fingerprint density at radius 1 is 1.27 bits per heavy atom. The molecule has 0 saturated carbocycles. The van der Waals surface area contributed by atoms with Crippen LogP contribution in [0.15, 0.2) is 24.3 Å². The number of benzene rings is 1. The lowest BCUT2D eigenvalue weighted by atomic mass is 10.2. The van der Waals surface area contributed by atoms with Gasteiger partial charge < -0.3 is 10.6 Å². The van der Waals surface area contributed by atoms with Crippen LogP contribution in [0.1, 0.15) is 19.4 Å². The molecule has 8 heteroatoms. The average Bonchev–Trinajstić information content (AvgIpc) is 2.38. The Hall–Kier alpha value is -1.31. The van der Waals surface area contributed by atoms with Gasteiger partial charge >= 0.3 is 6.03 Å². The molecule has 22 heavy (non-hydrogen) atoms. The van der Waals surface area contributed by atoms with Gasteiger partial charge in [0.15, 0.2) is 0 Å². The van der Waals surface area contributed by atoms with Crippen LogP contribution < -0.4 is 10.6 Å². The number of carbonyl (C=O) groups is 1. The van der Waals surface area contributed by atoms with Gasteiger partial charge in [-0.25, -0.2) is 13.2 Å². The Balaban J connectivity index is 2.59. The molecule has 1 rings (SSSR count). The summed E-state index contributed by atoms with van der Waals surface area (Å²) < 4.78 is 25.0. The molecule has 124 valence electrons. The molecular weight excluding hydrogens is 326 g/mol. The standard InChI is InChI=1S/C14H22ClN3O3S/c1-11(2)17-14(19)16-8-9-18(22(3,20)21)10-12-4-6-13(15)7-5-12/h4-7,11H,8-10H2,1-3H3,(H2,16,17,19). The Morgan fingerprint density at radius 2 is 1.86 bits per heavy atom. The molecule has 0 fully saturated rings. The maximum Gasteiger partial charge on any atom is 0.315 e. The summed E-state index contributed by atoms with van der Waals surface area (Å²) in [5.74, 6) is 0. The van der Waals surface area contributed by atoms with Gasteiger partial charge in [0.1, 0.15) is 0 Å². The molecule has 0 heterocycles. The van der Waals surface area contributed by atoms with Gasteiger partial charge in [-0.1, -0.05) is 23.7 Å². The second-order valence-corrected chi connectivity index (χ2v) is 7.70. The molecular formula is C14H22ClN3O3S. The minimum absolute atomic E-state index is 0.0279. The lowest BCUT2D eigenvalue weighted by Crippen LogP contribution is -2.43. The van der Waals surface area contributed by atoms with Crippen molar-refractivity contribution in [2.45, 2.75) is 26.4 Å². The molecule has 0 bridgehead atoms. The van der Waals surface area contributed by atoms with Crippen LogP contribution in [0.5, 0.6) is 0 Å². The minimum atomic E-state index is -3.37. The maximum absolute atomic E-state index is 11.8. The van der Waals surface area contributed by atoms with Crippen molar-refractivity contribution in [3.63, 3.8) is 0 Å². The largest absolute Gasteiger partial charge is 0.337 e. The topological polar surface area (TPSA) is 78.5 Å². The molecule has 0 aliphatic rings. The Morgan fingerprint density at radius 3 is 2.36 bits per heavy atom.